The maximum absolute atomic E-state index is 12.8. The Morgan fingerprint density at radius 2 is 2.19 bits per heavy atom. The molecular weight excluding hydrogens is 294 g/mol. The predicted molar refractivity (Wildman–Crippen MR) is 76.3 cm³/mol. The van der Waals surface area contributed by atoms with Crippen LogP contribution in [-0.4, -0.2) is 45.4 Å². The standard InChI is InChI=1S/C13H21N3O4S/c1-4-6-13(12(17)18)7-5-8-16(13)21(19,20)11-9-15(3)10(2)14-11/h9H,4-8H2,1-3H3,(H,17,18). The molecule has 2 heterocycles. The van der Waals surface area contributed by atoms with E-state index in [9.17, 15) is 18.3 Å². The van der Waals surface area contributed by atoms with Gasteiger partial charge in [0, 0.05) is 19.8 Å². The molecule has 0 amide bonds. The first-order valence-corrected chi connectivity index (χ1v) is 8.46. The van der Waals surface area contributed by atoms with Crippen molar-refractivity contribution < 1.29 is 18.3 Å². The van der Waals surface area contributed by atoms with Crippen LogP contribution in [0.2, 0.25) is 0 Å². The second kappa shape index (κ2) is 5.42. The van der Waals surface area contributed by atoms with E-state index in [4.69, 9.17) is 0 Å². The first-order valence-electron chi connectivity index (χ1n) is 7.02. The van der Waals surface area contributed by atoms with Gasteiger partial charge in [0.05, 0.1) is 0 Å². The van der Waals surface area contributed by atoms with Crippen molar-refractivity contribution in [2.24, 2.45) is 7.05 Å². The number of imidazole rings is 1. The topological polar surface area (TPSA) is 92.5 Å². The fraction of sp³-hybridized carbons (Fsp3) is 0.692. The Bertz CT molecular complexity index is 633. The smallest absolute Gasteiger partial charge is 0.325 e. The lowest BCUT2D eigenvalue weighted by Gasteiger charge is -2.33. The summed E-state index contributed by atoms with van der Waals surface area (Å²) in [4.78, 5) is 15.8. The molecule has 21 heavy (non-hydrogen) atoms. The van der Waals surface area contributed by atoms with E-state index in [0.29, 0.717) is 31.5 Å². The van der Waals surface area contributed by atoms with Gasteiger partial charge in [-0.15, -0.1) is 0 Å². The first-order chi connectivity index (χ1) is 9.75. The molecule has 0 radical (unpaired) electrons. The van der Waals surface area contributed by atoms with Crippen molar-refractivity contribution in [1.29, 1.82) is 0 Å². The van der Waals surface area contributed by atoms with E-state index in [1.807, 2.05) is 6.92 Å². The Hall–Kier alpha value is -1.41. The average molecular weight is 315 g/mol. The van der Waals surface area contributed by atoms with E-state index in [-0.39, 0.29) is 11.6 Å². The monoisotopic (exact) mass is 315 g/mol. The van der Waals surface area contributed by atoms with Crippen LogP contribution in [0.25, 0.3) is 0 Å². The van der Waals surface area contributed by atoms with Gasteiger partial charge in [-0.05, 0) is 26.2 Å². The molecule has 0 aliphatic carbocycles. The summed E-state index contributed by atoms with van der Waals surface area (Å²) >= 11 is 0. The number of aliphatic carboxylic acids is 1. The average Bonchev–Trinajstić information content (AvgIpc) is 2.96. The Morgan fingerprint density at radius 1 is 1.52 bits per heavy atom. The van der Waals surface area contributed by atoms with Crippen molar-refractivity contribution >= 4 is 16.0 Å². The summed E-state index contributed by atoms with van der Waals surface area (Å²) in [6, 6.07) is 0. The van der Waals surface area contributed by atoms with E-state index < -0.39 is 21.5 Å². The van der Waals surface area contributed by atoms with E-state index in [1.165, 1.54) is 6.20 Å². The third-order valence-corrected chi connectivity index (χ3v) is 5.97. The number of hydrogen-bond acceptors (Lipinski definition) is 4. The number of sulfonamides is 1. The third kappa shape index (κ3) is 2.46. The molecule has 0 aromatic carbocycles. The fourth-order valence-corrected chi connectivity index (χ4v) is 4.81. The molecule has 1 aromatic heterocycles. The summed E-state index contributed by atoms with van der Waals surface area (Å²) in [6.45, 7) is 3.79. The van der Waals surface area contributed by atoms with E-state index >= 15 is 0 Å². The van der Waals surface area contributed by atoms with Crippen LogP contribution < -0.4 is 0 Å². The van der Waals surface area contributed by atoms with Crippen LogP contribution >= 0.6 is 0 Å². The minimum Gasteiger partial charge on any atom is -0.480 e. The highest BCUT2D eigenvalue weighted by molar-refractivity contribution is 7.89. The van der Waals surface area contributed by atoms with Crippen molar-refractivity contribution in [1.82, 2.24) is 13.9 Å². The van der Waals surface area contributed by atoms with Crippen LogP contribution in [0.4, 0.5) is 0 Å². The summed E-state index contributed by atoms with van der Waals surface area (Å²) in [5.74, 6) is -0.498. The van der Waals surface area contributed by atoms with Crippen LogP contribution in [0.5, 0.6) is 0 Å². The van der Waals surface area contributed by atoms with E-state index in [2.05, 4.69) is 4.98 Å². The lowest BCUT2D eigenvalue weighted by Crippen LogP contribution is -2.52. The molecule has 1 aliphatic heterocycles. The molecule has 0 spiro atoms. The van der Waals surface area contributed by atoms with Crippen LogP contribution in [-0.2, 0) is 21.9 Å². The number of rotatable bonds is 5. The molecule has 0 bridgehead atoms. The Morgan fingerprint density at radius 3 is 2.67 bits per heavy atom. The first kappa shape index (κ1) is 16.0. The molecule has 1 aliphatic rings. The van der Waals surface area contributed by atoms with Gasteiger partial charge >= 0.3 is 5.97 Å². The Kier molecular flexibility index (Phi) is 4.12. The van der Waals surface area contributed by atoms with Gasteiger partial charge in [0.25, 0.3) is 10.0 Å². The number of nitrogens with zero attached hydrogens (tertiary/aromatic N) is 3. The van der Waals surface area contributed by atoms with Gasteiger partial charge in [0.1, 0.15) is 11.4 Å². The van der Waals surface area contributed by atoms with Crippen LogP contribution in [0, 0.1) is 6.92 Å². The molecule has 0 saturated carbocycles. The van der Waals surface area contributed by atoms with E-state index in [1.54, 1.807) is 18.5 Å². The van der Waals surface area contributed by atoms with Gasteiger partial charge in [-0.25, -0.2) is 13.4 Å². The van der Waals surface area contributed by atoms with Crippen molar-refractivity contribution in [3.05, 3.63) is 12.0 Å². The molecule has 2 rings (SSSR count). The molecular formula is C13H21N3O4S. The van der Waals surface area contributed by atoms with Gasteiger partial charge in [-0.3, -0.25) is 4.79 Å². The largest absolute Gasteiger partial charge is 0.480 e. The predicted octanol–water partition coefficient (Wildman–Crippen LogP) is 1.14. The van der Waals surface area contributed by atoms with E-state index in [0.717, 1.165) is 4.31 Å². The van der Waals surface area contributed by atoms with Crippen LogP contribution in [0.1, 0.15) is 38.4 Å². The number of hydrogen-bond donors (Lipinski definition) is 1. The van der Waals surface area contributed by atoms with Crippen molar-refractivity contribution in [3.63, 3.8) is 0 Å². The molecule has 1 aromatic rings. The molecule has 7 nitrogen and oxygen atoms in total. The number of carbonyl (C=O) groups is 1. The lowest BCUT2D eigenvalue weighted by molar-refractivity contribution is -0.147. The summed E-state index contributed by atoms with van der Waals surface area (Å²) in [6.07, 6.45) is 3.26. The molecule has 8 heteroatoms. The number of aryl methyl sites for hydroxylation is 2. The normalized spacial score (nSPS) is 23.6. The Labute approximate surface area is 124 Å². The highest BCUT2D eigenvalue weighted by atomic mass is 32.2. The summed E-state index contributed by atoms with van der Waals surface area (Å²) < 4.78 is 28.3. The lowest BCUT2D eigenvalue weighted by atomic mass is 9.92. The summed E-state index contributed by atoms with van der Waals surface area (Å²) in [5, 5.41) is 9.53. The maximum atomic E-state index is 12.8. The maximum Gasteiger partial charge on any atom is 0.325 e. The zero-order valence-electron chi connectivity index (χ0n) is 12.5. The third-order valence-electron chi connectivity index (χ3n) is 4.13. The number of carboxylic acid groups (broad SMARTS) is 1. The fourth-order valence-electron chi connectivity index (χ4n) is 2.95. The van der Waals surface area contributed by atoms with Crippen LogP contribution in [0.15, 0.2) is 11.2 Å². The minimum absolute atomic E-state index is 0.0777. The van der Waals surface area contributed by atoms with Gasteiger partial charge in [-0.2, -0.15) is 4.31 Å². The van der Waals surface area contributed by atoms with Crippen molar-refractivity contribution in [2.45, 2.75) is 50.1 Å². The van der Waals surface area contributed by atoms with Crippen molar-refractivity contribution in [2.75, 3.05) is 6.54 Å². The van der Waals surface area contributed by atoms with Gasteiger partial charge in [0.15, 0.2) is 5.03 Å². The highest BCUT2D eigenvalue weighted by Gasteiger charge is 2.53. The molecule has 1 fully saturated rings. The van der Waals surface area contributed by atoms with Gasteiger partial charge in [-0.1, -0.05) is 13.3 Å². The second-order valence-electron chi connectivity index (χ2n) is 5.50. The zero-order valence-corrected chi connectivity index (χ0v) is 13.4. The molecule has 1 unspecified atom stereocenters. The van der Waals surface area contributed by atoms with Crippen molar-refractivity contribution in [3.8, 4) is 0 Å². The number of aromatic nitrogens is 2. The SMILES string of the molecule is CCCC1(C(=O)O)CCCN1S(=O)(=O)c1cn(C)c(C)n1. The summed E-state index contributed by atoms with van der Waals surface area (Å²) in [7, 11) is -2.18. The molecule has 118 valence electrons. The molecule has 1 saturated heterocycles. The summed E-state index contributed by atoms with van der Waals surface area (Å²) in [5.41, 5.74) is -1.33. The van der Waals surface area contributed by atoms with Gasteiger partial charge in [0.2, 0.25) is 0 Å². The minimum atomic E-state index is -3.89. The van der Waals surface area contributed by atoms with Gasteiger partial charge < -0.3 is 9.67 Å². The van der Waals surface area contributed by atoms with Crippen LogP contribution in [0.3, 0.4) is 0 Å². The quantitative estimate of drug-likeness (QED) is 0.879. The molecule has 1 atom stereocenters. The zero-order chi connectivity index (χ0) is 15.8. The second-order valence-corrected chi connectivity index (χ2v) is 7.31. The molecule has 1 N–H and O–H groups in total. The Balaban J connectivity index is 2.49. The highest BCUT2D eigenvalue weighted by Crippen LogP contribution is 2.38. The number of carboxylic acids is 1.